The second-order valence-electron chi connectivity index (χ2n) is 5.80. The van der Waals surface area contributed by atoms with Crippen LogP contribution in [0.1, 0.15) is 32.6 Å². The molecule has 1 amide bonds. The highest BCUT2D eigenvalue weighted by Gasteiger charge is 2.23. The van der Waals surface area contributed by atoms with Gasteiger partial charge in [0.1, 0.15) is 6.54 Å². The van der Waals surface area contributed by atoms with Crippen molar-refractivity contribution in [2.24, 2.45) is 5.92 Å². The molecule has 2 heterocycles. The van der Waals surface area contributed by atoms with Crippen LogP contribution in [0.2, 0.25) is 0 Å². The molecule has 0 aliphatic heterocycles. The Balaban J connectivity index is 1.71. The number of carbonyl (C=O) groups excluding carboxylic acids is 1. The highest BCUT2D eigenvalue weighted by molar-refractivity contribution is 5.76. The van der Waals surface area contributed by atoms with Crippen LogP contribution in [0.15, 0.2) is 29.2 Å². The molecule has 0 radical (unpaired) electrons. The van der Waals surface area contributed by atoms with Crippen LogP contribution in [0.5, 0.6) is 0 Å². The minimum Gasteiger partial charge on any atom is -0.351 e. The Labute approximate surface area is 122 Å². The number of nitrogens with one attached hydrogen (secondary N) is 1. The van der Waals surface area contributed by atoms with E-state index in [-0.39, 0.29) is 24.2 Å². The Kier molecular flexibility index (Phi) is 3.77. The van der Waals surface area contributed by atoms with E-state index in [0.29, 0.717) is 11.6 Å². The molecular weight excluding hydrogens is 268 g/mol. The predicted molar refractivity (Wildman–Crippen MR) is 79.0 cm³/mol. The summed E-state index contributed by atoms with van der Waals surface area (Å²) in [4.78, 5) is 24.2. The van der Waals surface area contributed by atoms with Gasteiger partial charge in [0.2, 0.25) is 5.91 Å². The van der Waals surface area contributed by atoms with Gasteiger partial charge in [0.25, 0.3) is 0 Å². The molecule has 0 spiro atoms. The molecule has 112 valence electrons. The maximum absolute atomic E-state index is 12.1. The minimum absolute atomic E-state index is 0.0241. The number of hydrogen-bond acceptors (Lipinski definition) is 3. The lowest BCUT2D eigenvalue weighted by Gasteiger charge is -2.29. The normalized spacial score (nSPS) is 22.3. The molecule has 1 aliphatic rings. The van der Waals surface area contributed by atoms with Crippen LogP contribution in [-0.4, -0.2) is 26.1 Å². The van der Waals surface area contributed by atoms with Crippen molar-refractivity contribution in [2.75, 3.05) is 0 Å². The van der Waals surface area contributed by atoms with Gasteiger partial charge in [-0.25, -0.2) is 9.48 Å². The third-order valence-electron chi connectivity index (χ3n) is 4.24. The van der Waals surface area contributed by atoms with Gasteiger partial charge in [0.05, 0.1) is 0 Å². The summed E-state index contributed by atoms with van der Waals surface area (Å²) in [6.45, 7) is 2.14. The van der Waals surface area contributed by atoms with Crippen molar-refractivity contribution in [1.29, 1.82) is 0 Å². The number of aromatic nitrogens is 3. The lowest BCUT2D eigenvalue weighted by atomic mass is 9.86. The molecule has 3 rings (SSSR count). The number of hydrogen-bond donors (Lipinski definition) is 1. The van der Waals surface area contributed by atoms with Crippen LogP contribution in [0, 0.1) is 5.92 Å². The molecule has 2 unspecified atom stereocenters. The number of carbonyl (C=O) groups is 1. The van der Waals surface area contributed by atoms with Gasteiger partial charge in [-0.3, -0.25) is 9.20 Å². The zero-order valence-electron chi connectivity index (χ0n) is 12.2. The molecule has 21 heavy (non-hydrogen) atoms. The second-order valence-corrected chi connectivity index (χ2v) is 5.80. The Hall–Kier alpha value is -2.11. The fourth-order valence-electron chi connectivity index (χ4n) is 2.99. The summed E-state index contributed by atoms with van der Waals surface area (Å²) in [6, 6.07) is 5.55. The van der Waals surface area contributed by atoms with Gasteiger partial charge >= 0.3 is 5.69 Å². The average Bonchev–Trinajstić information content (AvgIpc) is 2.78. The van der Waals surface area contributed by atoms with Crippen molar-refractivity contribution in [3.63, 3.8) is 0 Å². The molecule has 2 aromatic heterocycles. The molecule has 0 aromatic carbocycles. The van der Waals surface area contributed by atoms with Crippen molar-refractivity contribution in [3.05, 3.63) is 34.9 Å². The highest BCUT2D eigenvalue weighted by Crippen LogP contribution is 2.23. The fraction of sp³-hybridized carbons (Fsp3) is 0.533. The summed E-state index contributed by atoms with van der Waals surface area (Å²) in [5, 5.41) is 7.21. The average molecular weight is 288 g/mol. The first kappa shape index (κ1) is 13.9. The molecule has 6 nitrogen and oxygen atoms in total. The zero-order valence-corrected chi connectivity index (χ0v) is 12.2. The highest BCUT2D eigenvalue weighted by atomic mass is 16.2. The Morgan fingerprint density at radius 3 is 2.95 bits per heavy atom. The number of fused-ring (bicyclic) bond motifs is 1. The molecule has 1 N–H and O–H groups in total. The van der Waals surface area contributed by atoms with Crippen LogP contribution >= 0.6 is 0 Å². The molecule has 2 aromatic rings. The number of amides is 1. The first-order valence-corrected chi connectivity index (χ1v) is 7.49. The van der Waals surface area contributed by atoms with Crippen molar-refractivity contribution in [1.82, 2.24) is 19.5 Å². The summed E-state index contributed by atoms with van der Waals surface area (Å²) in [5.41, 5.74) is 0.277. The van der Waals surface area contributed by atoms with Gasteiger partial charge in [0, 0.05) is 12.2 Å². The van der Waals surface area contributed by atoms with Crippen molar-refractivity contribution in [2.45, 2.75) is 45.2 Å². The van der Waals surface area contributed by atoms with Gasteiger partial charge in [0.15, 0.2) is 5.65 Å². The number of pyridine rings is 1. The van der Waals surface area contributed by atoms with Gasteiger partial charge in [-0.15, -0.1) is 5.10 Å². The van der Waals surface area contributed by atoms with E-state index in [9.17, 15) is 9.59 Å². The molecule has 2 atom stereocenters. The molecule has 1 saturated carbocycles. The minimum atomic E-state index is -0.280. The lowest BCUT2D eigenvalue weighted by Crippen LogP contribution is -2.43. The van der Waals surface area contributed by atoms with Crippen LogP contribution in [-0.2, 0) is 11.3 Å². The Morgan fingerprint density at radius 1 is 1.38 bits per heavy atom. The third-order valence-corrected chi connectivity index (χ3v) is 4.24. The molecule has 6 heteroatoms. The standard InChI is InChI=1S/C15H20N4O2/c1-11-6-2-3-7-12(11)16-14(20)10-19-15(21)18-9-5-4-8-13(18)17-19/h4-5,8-9,11-12H,2-3,6-7,10H2,1H3,(H,16,20). The zero-order chi connectivity index (χ0) is 14.8. The van der Waals surface area contributed by atoms with E-state index in [1.165, 1.54) is 15.5 Å². The molecule has 0 bridgehead atoms. The van der Waals surface area contributed by atoms with Crippen molar-refractivity contribution >= 4 is 11.6 Å². The summed E-state index contributed by atoms with van der Waals surface area (Å²) in [5.74, 6) is 0.361. The molecule has 1 fully saturated rings. The Morgan fingerprint density at radius 2 is 2.19 bits per heavy atom. The van der Waals surface area contributed by atoms with Gasteiger partial charge in [-0.2, -0.15) is 0 Å². The molecule has 0 saturated heterocycles. The fourth-order valence-corrected chi connectivity index (χ4v) is 2.99. The number of rotatable bonds is 3. The van der Waals surface area contributed by atoms with Gasteiger partial charge in [-0.05, 0) is 30.9 Å². The SMILES string of the molecule is CC1CCCCC1NC(=O)Cn1nc2ccccn2c1=O. The largest absolute Gasteiger partial charge is 0.351 e. The second kappa shape index (κ2) is 5.71. The van der Waals surface area contributed by atoms with Gasteiger partial charge in [-0.1, -0.05) is 25.8 Å². The summed E-state index contributed by atoms with van der Waals surface area (Å²) in [7, 11) is 0. The Bertz CT molecular complexity index is 703. The summed E-state index contributed by atoms with van der Waals surface area (Å²) >= 11 is 0. The topological polar surface area (TPSA) is 68.4 Å². The third kappa shape index (κ3) is 2.84. The smallest absolute Gasteiger partial charge is 0.350 e. The lowest BCUT2D eigenvalue weighted by molar-refractivity contribution is -0.123. The van der Waals surface area contributed by atoms with Crippen molar-refractivity contribution < 1.29 is 4.79 Å². The molecule has 1 aliphatic carbocycles. The summed E-state index contributed by atoms with van der Waals surface area (Å²) < 4.78 is 2.66. The van der Waals surface area contributed by atoms with E-state index >= 15 is 0 Å². The van der Waals surface area contributed by atoms with E-state index < -0.39 is 0 Å². The van der Waals surface area contributed by atoms with E-state index in [4.69, 9.17) is 0 Å². The van der Waals surface area contributed by atoms with Crippen molar-refractivity contribution in [3.8, 4) is 0 Å². The van der Waals surface area contributed by atoms with Crippen LogP contribution < -0.4 is 11.0 Å². The van der Waals surface area contributed by atoms with Crippen LogP contribution in [0.3, 0.4) is 0 Å². The summed E-state index contributed by atoms with van der Waals surface area (Å²) in [6.07, 6.45) is 6.22. The quantitative estimate of drug-likeness (QED) is 0.922. The van der Waals surface area contributed by atoms with Gasteiger partial charge < -0.3 is 5.32 Å². The maximum Gasteiger partial charge on any atom is 0.350 e. The van der Waals surface area contributed by atoms with E-state index in [1.807, 2.05) is 6.07 Å². The van der Waals surface area contributed by atoms with E-state index in [0.717, 1.165) is 19.3 Å². The number of nitrogens with zero attached hydrogens (tertiary/aromatic N) is 3. The monoisotopic (exact) mass is 288 g/mol. The van der Waals surface area contributed by atoms with E-state index in [2.05, 4.69) is 17.3 Å². The molecular formula is C15H20N4O2. The van der Waals surface area contributed by atoms with E-state index in [1.54, 1.807) is 18.3 Å². The first-order valence-electron chi connectivity index (χ1n) is 7.49. The maximum atomic E-state index is 12.1. The first-order chi connectivity index (χ1) is 10.1. The van der Waals surface area contributed by atoms with Crippen LogP contribution in [0.25, 0.3) is 5.65 Å². The predicted octanol–water partition coefficient (Wildman–Crippen LogP) is 1.19. The van der Waals surface area contributed by atoms with Crippen LogP contribution in [0.4, 0.5) is 0 Å².